The van der Waals surface area contributed by atoms with Crippen LogP contribution in [0, 0.1) is 0 Å². The fourth-order valence-electron chi connectivity index (χ4n) is 1.87. The van der Waals surface area contributed by atoms with Crippen molar-refractivity contribution in [2.75, 3.05) is 6.54 Å². The van der Waals surface area contributed by atoms with Crippen LogP contribution in [0.25, 0.3) is 0 Å². The molecular formula is C13H15F6NO. The van der Waals surface area contributed by atoms with Crippen molar-refractivity contribution in [1.82, 2.24) is 5.32 Å². The van der Waals surface area contributed by atoms with E-state index in [1.807, 2.05) is 0 Å². The van der Waals surface area contributed by atoms with E-state index < -0.39 is 41.2 Å². The summed E-state index contributed by atoms with van der Waals surface area (Å²) in [6, 6.07) is 0.426. The maximum absolute atomic E-state index is 12.7. The molecule has 0 saturated heterocycles. The highest BCUT2D eigenvalue weighted by atomic mass is 19.4. The van der Waals surface area contributed by atoms with Crippen LogP contribution < -0.4 is 5.32 Å². The molecule has 2 atom stereocenters. The van der Waals surface area contributed by atoms with Gasteiger partial charge in [0, 0.05) is 6.04 Å². The van der Waals surface area contributed by atoms with E-state index >= 15 is 0 Å². The quantitative estimate of drug-likeness (QED) is 0.829. The van der Waals surface area contributed by atoms with E-state index in [4.69, 9.17) is 0 Å². The van der Waals surface area contributed by atoms with E-state index in [9.17, 15) is 31.4 Å². The van der Waals surface area contributed by atoms with Gasteiger partial charge in [-0.3, -0.25) is 0 Å². The summed E-state index contributed by atoms with van der Waals surface area (Å²) in [5, 5.41) is 12.7. The highest BCUT2D eigenvalue weighted by Crippen LogP contribution is 2.37. The number of nitrogens with one attached hydrogen (secondary N) is 1. The average Bonchev–Trinajstić information content (AvgIpc) is 2.35. The maximum atomic E-state index is 12.7. The van der Waals surface area contributed by atoms with Crippen molar-refractivity contribution in [2.45, 2.75) is 38.3 Å². The average molecular weight is 315 g/mol. The molecule has 0 aliphatic heterocycles. The second kappa shape index (κ2) is 6.23. The monoisotopic (exact) mass is 315 g/mol. The van der Waals surface area contributed by atoms with Gasteiger partial charge in [-0.2, -0.15) is 26.3 Å². The van der Waals surface area contributed by atoms with Gasteiger partial charge in [0.05, 0.1) is 17.2 Å². The molecular weight excluding hydrogens is 300 g/mol. The van der Waals surface area contributed by atoms with Crippen molar-refractivity contribution in [3.8, 4) is 0 Å². The van der Waals surface area contributed by atoms with E-state index in [1.165, 1.54) is 6.92 Å². The van der Waals surface area contributed by atoms with Crippen LogP contribution in [0.2, 0.25) is 0 Å². The highest BCUT2D eigenvalue weighted by Gasteiger charge is 2.37. The number of aliphatic hydroxyl groups excluding tert-OH is 1. The zero-order valence-electron chi connectivity index (χ0n) is 11.3. The summed E-state index contributed by atoms with van der Waals surface area (Å²) in [6.45, 7) is 3.60. The van der Waals surface area contributed by atoms with Crippen LogP contribution in [-0.2, 0) is 12.4 Å². The Kier molecular flexibility index (Phi) is 5.27. The molecule has 1 aromatic carbocycles. The molecule has 0 fully saturated rings. The molecule has 1 aromatic rings. The number of rotatable bonds is 4. The molecule has 0 aromatic heterocycles. The van der Waals surface area contributed by atoms with Gasteiger partial charge in [-0.25, -0.2) is 0 Å². The van der Waals surface area contributed by atoms with Gasteiger partial charge in [-0.1, -0.05) is 6.92 Å². The minimum atomic E-state index is -4.92. The Hall–Kier alpha value is -1.28. The van der Waals surface area contributed by atoms with Gasteiger partial charge in [0.15, 0.2) is 0 Å². The first kappa shape index (κ1) is 17.8. The topological polar surface area (TPSA) is 32.3 Å². The molecule has 2 unspecified atom stereocenters. The first-order chi connectivity index (χ1) is 9.46. The van der Waals surface area contributed by atoms with Crippen molar-refractivity contribution < 1.29 is 31.4 Å². The Morgan fingerprint density at radius 2 is 1.43 bits per heavy atom. The van der Waals surface area contributed by atoms with E-state index in [1.54, 1.807) is 6.92 Å². The summed E-state index contributed by atoms with van der Waals surface area (Å²) in [5.41, 5.74) is -3.30. The molecule has 8 heteroatoms. The van der Waals surface area contributed by atoms with E-state index in [2.05, 4.69) is 5.32 Å². The molecule has 0 heterocycles. The van der Waals surface area contributed by atoms with Crippen LogP contribution in [0.1, 0.15) is 36.6 Å². The lowest BCUT2D eigenvalue weighted by molar-refractivity contribution is -0.143. The Bertz CT molecular complexity index is 450. The second-order valence-electron chi connectivity index (χ2n) is 4.63. The molecule has 0 amide bonds. The lowest BCUT2D eigenvalue weighted by atomic mass is 9.97. The molecule has 0 saturated carbocycles. The molecule has 0 bridgehead atoms. The minimum Gasteiger partial charge on any atom is -0.387 e. The summed E-state index contributed by atoms with van der Waals surface area (Å²) in [4.78, 5) is 0. The zero-order valence-corrected chi connectivity index (χ0v) is 11.3. The smallest absolute Gasteiger partial charge is 0.387 e. The SMILES string of the molecule is CCNC(C)C(O)c1cc(C(F)(F)F)cc(C(F)(F)F)c1. The number of alkyl halides is 6. The molecule has 1 rings (SSSR count). The van der Waals surface area contributed by atoms with Gasteiger partial charge in [-0.05, 0) is 37.2 Å². The number of likely N-dealkylation sites (N-methyl/N-ethyl adjacent to an activating group) is 1. The lowest BCUT2D eigenvalue weighted by Crippen LogP contribution is -2.32. The molecule has 0 aliphatic carbocycles. The van der Waals surface area contributed by atoms with Gasteiger partial charge in [0.25, 0.3) is 0 Å². The van der Waals surface area contributed by atoms with E-state index in [-0.39, 0.29) is 6.07 Å². The van der Waals surface area contributed by atoms with Gasteiger partial charge >= 0.3 is 12.4 Å². The Morgan fingerprint density at radius 3 is 1.76 bits per heavy atom. The summed E-state index contributed by atoms with van der Waals surface area (Å²) in [5.74, 6) is 0. The summed E-state index contributed by atoms with van der Waals surface area (Å²) < 4.78 is 76.1. The predicted octanol–water partition coefficient (Wildman–Crippen LogP) is 3.76. The van der Waals surface area contributed by atoms with Crippen molar-refractivity contribution in [2.24, 2.45) is 0 Å². The van der Waals surface area contributed by atoms with Crippen LogP contribution in [0.4, 0.5) is 26.3 Å². The molecule has 2 N–H and O–H groups in total. The molecule has 2 nitrogen and oxygen atoms in total. The molecule has 0 aliphatic rings. The Morgan fingerprint density at radius 1 is 1.00 bits per heavy atom. The van der Waals surface area contributed by atoms with Crippen molar-refractivity contribution in [1.29, 1.82) is 0 Å². The Labute approximate surface area is 117 Å². The number of hydrogen-bond donors (Lipinski definition) is 2. The predicted molar refractivity (Wildman–Crippen MR) is 64.5 cm³/mol. The molecule has 21 heavy (non-hydrogen) atoms. The maximum Gasteiger partial charge on any atom is 0.416 e. The van der Waals surface area contributed by atoms with Gasteiger partial charge in [0.1, 0.15) is 0 Å². The second-order valence-corrected chi connectivity index (χ2v) is 4.63. The van der Waals surface area contributed by atoms with Crippen molar-refractivity contribution in [3.05, 3.63) is 34.9 Å². The van der Waals surface area contributed by atoms with Gasteiger partial charge in [-0.15, -0.1) is 0 Å². The van der Waals surface area contributed by atoms with Gasteiger partial charge < -0.3 is 10.4 Å². The highest BCUT2D eigenvalue weighted by molar-refractivity contribution is 5.35. The van der Waals surface area contributed by atoms with Crippen LogP contribution >= 0.6 is 0 Å². The van der Waals surface area contributed by atoms with Crippen molar-refractivity contribution in [3.63, 3.8) is 0 Å². The third-order valence-corrected chi connectivity index (χ3v) is 2.95. The van der Waals surface area contributed by atoms with E-state index in [0.29, 0.717) is 18.7 Å². The lowest BCUT2D eigenvalue weighted by Gasteiger charge is -2.22. The molecule has 0 spiro atoms. The summed E-state index contributed by atoms with van der Waals surface area (Å²) in [6.07, 6.45) is -11.3. The number of aliphatic hydroxyl groups is 1. The number of hydrogen-bond acceptors (Lipinski definition) is 2. The number of benzene rings is 1. The van der Waals surface area contributed by atoms with Crippen LogP contribution in [-0.4, -0.2) is 17.7 Å². The summed E-state index contributed by atoms with van der Waals surface area (Å²) >= 11 is 0. The fourth-order valence-corrected chi connectivity index (χ4v) is 1.87. The third kappa shape index (κ3) is 4.60. The molecule has 120 valence electrons. The Balaban J connectivity index is 3.32. The zero-order chi connectivity index (χ0) is 16.4. The normalized spacial score (nSPS) is 15.9. The third-order valence-electron chi connectivity index (χ3n) is 2.95. The first-order valence-corrected chi connectivity index (χ1v) is 6.17. The van der Waals surface area contributed by atoms with Gasteiger partial charge in [0.2, 0.25) is 0 Å². The van der Waals surface area contributed by atoms with Crippen molar-refractivity contribution >= 4 is 0 Å². The largest absolute Gasteiger partial charge is 0.416 e. The first-order valence-electron chi connectivity index (χ1n) is 6.17. The standard InChI is InChI=1S/C13H15F6NO/c1-3-20-7(2)11(21)8-4-9(12(14,15)16)6-10(5-8)13(17,18)19/h4-7,11,20-21H,3H2,1-2H3. The van der Waals surface area contributed by atoms with Crippen LogP contribution in [0.3, 0.4) is 0 Å². The number of halogens is 6. The molecule has 0 radical (unpaired) electrons. The van der Waals surface area contributed by atoms with Crippen LogP contribution in [0.5, 0.6) is 0 Å². The minimum absolute atomic E-state index is 0.0358. The van der Waals surface area contributed by atoms with E-state index in [0.717, 1.165) is 0 Å². The fraction of sp³-hybridized carbons (Fsp3) is 0.538. The summed E-state index contributed by atoms with van der Waals surface area (Å²) in [7, 11) is 0. The van der Waals surface area contributed by atoms with Crippen LogP contribution in [0.15, 0.2) is 18.2 Å².